The number of nitrogens with two attached hydrogens (primary N) is 2. The number of rotatable bonds is 2. The lowest BCUT2D eigenvalue weighted by molar-refractivity contribution is 0.596. The average Bonchev–Trinajstić information content (AvgIpc) is 2.25. The van der Waals surface area contributed by atoms with Gasteiger partial charge < -0.3 is 0 Å². The Kier molecular flexibility index (Phi) is 3.35. The van der Waals surface area contributed by atoms with E-state index in [4.69, 9.17) is 10.3 Å². The third-order valence-electron chi connectivity index (χ3n) is 2.53. The monoisotopic (exact) mass is 318 g/mol. The minimum atomic E-state index is -4.10. The van der Waals surface area contributed by atoms with Crippen molar-refractivity contribution in [3.05, 3.63) is 30.3 Å². The molecule has 0 unspecified atom stereocenters. The molecule has 0 aliphatic rings. The molecule has 0 saturated carbocycles. The summed E-state index contributed by atoms with van der Waals surface area (Å²) < 4.78 is 45.9. The Hall–Kier alpha value is -1.13. The van der Waals surface area contributed by atoms with E-state index in [9.17, 15) is 16.8 Å². The van der Waals surface area contributed by atoms with Crippen molar-refractivity contribution in [2.45, 2.75) is 14.7 Å². The molecular weight excluding hydrogens is 308 g/mol. The zero-order valence-corrected chi connectivity index (χ0v) is 12.0. The number of fused-ring (bicyclic) bond motifs is 1. The van der Waals surface area contributed by atoms with Crippen molar-refractivity contribution >= 4 is 43.4 Å². The van der Waals surface area contributed by atoms with Gasteiger partial charge >= 0.3 is 0 Å². The van der Waals surface area contributed by atoms with Gasteiger partial charge in [0.2, 0.25) is 20.0 Å². The number of benzene rings is 2. The van der Waals surface area contributed by atoms with Gasteiger partial charge in [0.1, 0.15) is 0 Å². The largest absolute Gasteiger partial charge is 0.238 e. The molecule has 102 valence electrons. The van der Waals surface area contributed by atoms with Crippen LogP contribution in [0.25, 0.3) is 10.8 Å². The zero-order chi connectivity index (χ0) is 14.4. The van der Waals surface area contributed by atoms with E-state index < -0.39 is 20.0 Å². The number of hydrogen-bond acceptors (Lipinski definition) is 5. The molecule has 0 aliphatic carbocycles. The molecule has 0 atom stereocenters. The van der Waals surface area contributed by atoms with Crippen LogP contribution in [-0.2, 0) is 20.0 Å². The maximum absolute atomic E-state index is 11.6. The summed E-state index contributed by atoms with van der Waals surface area (Å²) in [6.45, 7) is 0. The maximum Gasteiger partial charge on any atom is 0.238 e. The normalized spacial score (nSPS) is 12.8. The van der Waals surface area contributed by atoms with Gasteiger partial charge in [0.05, 0.1) is 9.79 Å². The molecule has 6 nitrogen and oxygen atoms in total. The second kappa shape index (κ2) is 4.46. The first kappa shape index (κ1) is 14.3. The van der Waals surface area contributed by atoms with Crippen LogP contribution in [0.5, 0.6) is 0 Å². The van der Waals surface area contributed by atoms with Gasteiger partial charge in [0.15, 0.2) is 0 Å². The molecule has 2 aromatic carbocycles. The zero-order valence-electron chi connectivity index (χ0n) is 9.44. The van der Waals surface area contributed by atoms with Crippen LogP contribution in [-0.4, -0.2) is 16.8 Å². The van der Waals surface area contributed by atoms with Gasteiger partial charge in [-0.1, -0.05) is 12.1 Å². The third-order valence-corrected chi connectivity index (χ3v) is 4.73. The second-order valence-corrected chi connectivity index (χ2v) is 7.46. The molecular formula is C10H10N2O4S3. The first-order valence-electron chi connectivity index (χ1n) is 4.92. The summed E-state index contributed by atoms with van der Waals surface area (Å²) in [5, 5.41) is 10.8. The predicted molar refractivity (Wildman–Crippen MR) is 73.9 cm³/mol. The summed E-state index contributed by atoms with van der Waals surface area (Å²) in [6, 6.07) is 6.96. The van der Waals surface area contributed by atoms with E-state index in [1.807, 2.05) is 0 Å². The number of thiol groups is 1. The van der Waals surface area contributed by atoms with Crippen LogP contribution in [0, 0.1) is 0 Å². The first-order valence-corrected chi connectivity index (χ1v) is 8.46. The van der Waals surface area contributed by atoms with E-state index in [0.29, 0.717) is 10.3 Å². The molecule has 0 saturated heterocycles. The van der Waals surface area contributed by atoms with Crippen molar-refractivity contribution in [2.24, 2.45) is 10.3 Å². The van der Waals surface area contributed by atoms with E-state index in [0.717, 1.165) is 6.07 Å². The molecule has 0 aromatic heterocycles. The highest BCUT2D eigenvalue weighted by Crippen LogP contribution is 2.30. The van der Waals surface area contributed by atoms with Crippen molar-refractivity contribution in [3.63, 3.8) is 0 Å². The van der Waals surface area contributed by atoms with Crippen molar-refractivity contribution < 1.29 is 16.8 Å². The van der Waals surface area contributed by atoms with Crippen molar-refractivity contribution in [1.82, 2.24) is 0 Å². The van der Waals surface area contributed by atoms with Crippen LogP contribution < -0.4 is 10.3 Å². The number of sulfonamides is 2. The van der Waals surface area contributed by atoms with Crippen LogP contribution in [0.2, 0.25) is 0 Å². The van der Waals surface area contributed by atoms with Gasteiger partial charge in [0.25, 0.3) is 0 Å². The van der Waals surface area contributed by atoms with Crippen LogP contribution in [0.15, 0.2) is 45.0 Å². The van der Waals surface area contributed by atoms with Gasteiger partial charge in [-0.25, -0.2) is 27.1 Å². The van der Waals surface area contributed by atoms with E-state index in [1.54, 1.807) is 18.2 Å². The van der Waals surface area contributed by atoms with Gasteiger partial charge in [-0.2, -0.15) is 0 Å². The fourth-order valence-corrected chi connectivity index (χ4v) is 3.59. The highest BCUT2D eigenvalue weighted by molar-refractivity contribution is 7.90. The molecule has 0 bridgehead atoms. The quantitative estimate of drug-likeness (QED) is 0.695. The Morgan fingerprint density at radius 2 is 1.58 bits per heavy atom. The predicted octanol–water partition coefficient (Wildman–Crippen LogP) is 0.423. The van der Waals surface area contributed by atoms with E-state index >= 15 is 0 Å². The summed E-state index contributed by atoms with van der Waals surface area (Å²) >= 11 is 4.16. The summed E-state index contributed by atoms with van der Waals surface area (Å²) in [7, 11) is -8.14. The Balaban J connectivity index is 3.07. The summed E-state index contributed by atoms with van der Waals surface area (Å²) in [5.74, 6) is 0. The van der Waals surface area contributed by atoms with Crippen LogP contribution in [0.4, 0.5) is 0 Å². The fraction of sp³-hybridized carbons (Fsp3) is 0. The van der Waals surface area contributed by atoms with Crippen LogP contribution in [0.3, 0.4) is 0 Å². The maximum atomic E-state index is 11.6. The molecule has 0 spiro atoms. The SMILES string of the molecule is NS(=O)(=O)c1cc(S(N)(=O)=O)c2c(S)cccc2c1. The average molecular weight is 318 g/mol. The molecule has 0 aliphatic heterocycles. The van der Waals surface area contributed by atoms with Crippen molar-refractivity contribution in [3.8, 4) is 0 Å². The highest BCUT2D eigenvalue weighted by Gasteiger charge is 2.19. The van der Waals surface area contributed by atoms with Crippen LogP contribution >= 0.6 is 12.6 Å². The molecule has 0 heterocycles. The Labute approximate surface area is 115 Å². The topological polar surface area (TPSA) is 120 Å². The smallest absolute Gasteiger partial charge is 0.225 e. The minimum Gasteiger partial charge on any atom is -0.225 e. The third kappa shape index (κ3) is 2.74. The highest BCUT2D eigenvalue weighted by atomic mass is 32.2. The lowest BCUT2D eigenvalue weighted by atomic mass is 10.1. The first-order chi connectivity index (χ1) is 8.60. The standard InChI is InChI=1S/C10H10N2O4S3/c11-18(13,14)7-4-6-2-1-3-8(17)10(6)9(5-7)19(12,15)16/h1-5,17H,(H2,11,13,14)(H2,12,15,16). The summed E-state index contributed by atoms with van der Waals surface area (Å²) in [5.41, 5.74) is 0. The molecule has 0 amide bonds. The molecule has 9 heteroatoms. The van der Waals surface area contributed by atoms with E-state index in [2.05, 4.69) is 12.6 Å². The van der Waals surface area contributed by atoms with E-state index in [-0.39, 0.29) is 15.2 Å². The molecule has 2 rings (SSSR count). The summed E-state index contributed by atoms with van der Waals surface area (Å²) in [6.07, 6.45) is 0. The molecule has 19 heavy (non-hydrogen) atoms. The molecule has 0 radical (unpaired) electrons. The lowest BCUT2D eigenvalue weighted by Crippen LogP contribution is -2.16. The van der Waals surface area contributed by atoms with Crippen molar-refractivity contribution in [1.29, 1.82) is 0 Å². The number of primary sulfonamides is 2. The van der Waals surface area contributed by atoms with Crippen LogP contribution in [0.1, 0.15) is 0 Å². The van der Waals surface area contributed by atoms with Gasteiger partial charge in [-0.05, 0) is 23.6 Å². The van der Waals surface area contributed by atoms with E-state index in [1.165, 1.54) is 6.07 Å². The Morgan fingerprint density at radius 3 is 2.11 bits per heavy atom. The Bertz CT molecular complexity index is 873. The Morgan fingerprint density at radius 1 is 0.947 bits per heavy atom. The molecule has 0 fully saturated rings. The van der Waals surface area contributed by atoms with Crippen molar-refractivity contribution in [2.75, 3.05) is 0 Å². The molecule has 4 N–H and O–H groups in total. The molecule has 2 aromatic rings. The van der Waals surface area contributed by atoms with Gasteiger partial charge in [-0.15, -0.1) is 12.6 Å². The minimum absolute atomic E-state index is 0.265. The lowest BCUT2D eigenvalue weighted by Gasteiger charge is -2.09. The second-order valence-electron chi connectivity index (χ2n) is 3.89. The fourth-order valence-electron chi connectivity index (χ4n) is 1.73. The van der Waals surface area contributed by atoms with Gasteiger partial charge in [-0.3, -0.25) is 0 Å². The summed E-state index contributed by atoms with van der Waals surface area (Å²) in [4.78, 5) is -0.259. The number of hydrogen-bond donors (Lipinski definition) is 3. The van der Waals surface area contributed by atoms with Gasteiger partial charge in [0, 0.05) is 10.3 Å².